The Balaban J connectivity index is 1.46. The van der Waals surface area contributed by atoms with Gasteiger partial charge >= 0.3 is 6.03 Å². The summed E-state index contributed by atoms with van der Waals surface area (Å²) in [4.78, 5) is 40.7. The minimum Gasteiger partial charge on any atom is -0.436 e. The standard InChI is InChI=1S/C30H36FN7O4/c1-4-15-37-20(2)27(29(40)38(37)22-11-7-5-8-12-22)28(39)34-21-13-14-24(23(31)18-21)42-25(32)19-26(33-3)35-30(41)36-16-9-6-10-17-36/h5,7-8,11-14,18-19,32-33H,4,6,9-10,15-17H2,1-3H3,(H,34,39)(H,35,41)/b26-19+,32-25?. The van der Waals surface area contributed by atoms with Gasteiger partial charge < -0.3 is 20.3 Å². The Morgan fingerprint density at radius 1 is 1.10 bits per heavy atom. The highest BCUT2D eigenvalue weighted by Gasteiger charge is 2.24. The molecule has 0 bridgehead atoms. The average Bonchev–Trinajstić information content (AvgIpc) is 3.23. The summed E-state index contributed by atoms with van der Waals surface area (Å²) in [6.07, 6.45) is 4.96. The molecule has 4 N–H and O–H groups in total. The number of hydrogen-bond acceptors (Lipinski definition) is 6. The predicted molar refractivity (Wildman–Crippen MR) is 159 cm³/mol. The smallest absolute Gasteiger partial charge is 0.322 e. The van der Waals surface area contributed by atoms with Crippen LogP contribution in [0.25, 0.3) is 5.69 Å². The Morgan fingerprint density at radius 3 is 2.45 bits per heavy atom. The molecule has 0 atom stereocenters. The fraction of sp³-hybridized carbons (Fsp3) is 0.333. The molecule has 3 aromatic rings. The van der Waals surface area contributed by atoms with Crippen molar-refractivity contribution in [3.8, 4) is 11.4 Å². The molecule has 42 heavy (non-hydrogen) atoms. The van der Waals surface area contributed by atoms with Crippen molar-refractivity contribution in [2.24, 2.45) is 0 Å². The number of ether oxygens (including phenoxy) is 1. The lowest BCUT2D eigenvalue weighted by molar-refractivity contribution is 0.102. The number of piperidine rings is 1. The van der Waals surface area contributed by atoms with Gasteiger partial charge in [0.05, 0.1) is 11.4 Å². The zero-order valence-corrected chi connectivity index (χ0v) is 24.0. The van der Waals surface area contributed by atoms with Crippen molar-refractivity contribution in [3.63, 3.8) is 0 Å². The summed E-state index contributed by atoms with van der Waals surface area (Å²) in [6, 6.07) is 12.5. The number of nitrogens with zero attached hydrogens (tertiary/aromatic N) is 3. The largest absolute Gasteiger partial charge is 0.436 e. The minimum absolute atomic E-state index is 0.0360. The number of anilines is 1. The lowest BCUT2D eigenvalue weighted by Gasteiger charge is -2.27. The molecule has 1 aliphatic rings. The van der Waals surface area contributed by atoms with Crippen molar-refractivity contribution in [1.82, 2.24) is 24.9 Å². The number of carbonyl (C=O) groups is 2. The molecule has 0 spiro atoms. The molecular formula is C30H36FN7O4. The maximum absolute atomic E-state index is 14.9. The average molecular weight is 578 g/mol. The lowest BCUT2D eigenvalue weighted by Crippen LogP contribution is -2.44. The van der Waals surface area contributed by atoms with Gasteiger partial charge in [0.1, 0.15) is 11.4 Å². The second kappa shape index (κ2) is 13.7. The van der Waals surface area contributed by atoms with E-state index in [4.69, 9.17) is 10.1 Å². The molecule has 1 aromatic heterocycles. The molecule has 0 saturated carbocycles. The number of rotatable bonds is 9. The van der Waals surface area contributed by atoms with Crippen LogP contribution in [0.5, 0.6) is 5.75 Å². The number of amides is 3. The number of likely N-dealkylation sites (tertiary alicyclic amines) is 1. The van der Waals surface area contributed by atoms with Crippen LogP contribution in [0, 0.1) is 18.2 Å². The van der Waals surface area contributed by atoms with Crippen molar-refractivity contribution >= 4 is 23.5 Å². The van der Waals surface area contributed by atoms with Crippen LogP contribution in [0.2, 0.25) is 0 Å². The molecule has 0 radical (unpaired) electrons. The quantitative estimate of drug-likeness (QED) is 0.222. The molecule has 1 fully saturated rings. The van der Waals surface area contributed by atoms with Gasteiger partial charge in [0.25, 0.3) is 11.5 Å². The number of para-hydroxylation sites is 1. The molecule has 12 heteroatoms. The zero-order valence-electron chi connectivity index (χ0n) is 24.0. The van der Waals surface area contributed by atoms with Crippen LogP contribution in [-0.4, -0.2) is 52.2 Å². The Kier molecular flexibility index (Phi) is 9.79. The first kappa shape index (κ1) is 30.1. The van der Waals surface area contributed by atoms with Gasteiger partial charge in [-0.2, -0.15) is 0 Å². The maximum Gasteiger partial charge on any atom is 0.322 e. The molecule has 2 heterocycles. The number of aromatic nitrogens is 2. The van der Waals surface area contributed by atoms with E-state index in [1.807, 2.05) is 25.1 Å². The molecule has 4 rings (SSSR count). The number of nitrogens with one attached hydrogen (secondary N) is 4. The van der Waals surface area contributed by atoms with Crippen molar-refractivity contribution < 1.29 is 18.7 Å². The summed E-state index contributed by atoms with van der Waals surface area (Å²) < 4.78 is 23.5. The van der Waals surface area contributed by atoms with Gasteiger partial charge in [-0.1, -0.05) is 25.1 Å². The van der Waals surface area contributed by atoms with Gasteiger partial charge in [0, 0.05) is 44.5 Å². The molecule has 11 nitrogen and oxygen atoms in total. The van der Waals surface area contributed by atoms with Crippen LogP contribution in [0.1, 0.15) is 48.7 Å². The number of hydrogen-bond donors (Lipinski definition) is 4. The van der Waals surface area contributed by atoms with Crippen molar-refractivity contribution in [3.05, 3.63) is 87.9 Å². The summed E-state index contributed by atoms with van der Waals surface area (Å²) in [5.74, 6) is -1.92. The molecule has 0 unspecified atom stereocenters. The van der Waals surface area contributed by atoms with E-state index in [0.717, 1.165) is 31.7 Å². The summed E-state index contributed by atoms with van der Waals surface area (Å²) in [5.41, 5.74) is 0.736. The lowest BCUT2D eigenvalue weighted by atomic mass is 10.1. The highest BCUT2D eigenvalue weighted by molar-refractivity contribution is 6.05. The van der Waals surface area contributed by atoms with E-state index >= 15 is 0 Å². The van der Waals surface area contributed by atoms with Crippen LogP contribution in [0.15, 0.2) is 65.2 Å². The second-order valence-electron chi connectivity index (χ2n) is 9.89. The van der Waals surface area contributed by atoms with Crippen molar-refractivity contribution in [2.75, 3.05) is 25.5 Å². The third-order valence-corrected chi connectivity index (χ3v) is 6.90. The number of halogens is 1. The van der Waals surface area contributed by atoms with Crippen LogP contribution >= 0.6 is 0 Å². The van der Waals surface area contributed by atoms with E-state index < -0.39 is 23.2 Å². The fourth-order valence-corrected chi connectivity index (χ4v) is 4.81. The normalized spacial score (nSPS) is 13.4. The van der Waals surface area contributed by atoms with Gasteiger partial charge in [-0.3, -0.25) is 25.0 Å². The third kappa shape index (κ3) is 6.88. The SMILES string of the molecule is CCCn1c(C)c(C(=O)Nc2ccc(OC(=N)/C=C(\NC)NC(=O)N3CCCCC3)c(F)c2)c(=O)n1-c1ccccc1. The highest BCUT2D eigenvalue weighted by Crippen LogP contribution is 2.23. The molecule has 2 aromatic carbocycles. The van der Waals surface area contributed by atoms with Crippen molar-refractivity contribution in [1.29, 1.82) is 5.41 Å². The van der Waals surface area contributed by atoms with E-state index in [1.54, 1.807) is 35.7 Å². The van der Waals surface area contributed by atoms with Gasteiger partial charge in [-0.15, -0.1) is 0 Å². The zero-order chi connectivity index (χ0) is 30.2. The van der Waals surface area contributed by atoms with Crippen LogP contribution in [-0.2, 0) is 6.54 Å². The van der Waals surface area contributed by atoms with E-state index in [1.165, 1.54) is 22.9 Å². The summed E-state index contributed by atoms with van der Waals surface area (Å²) in [5, 5.41) is 16.2. The molecule has 1 aliphatic heterocycles. The van der Waals surface area contributed by atoms with Gasteiger partial charge in [0.2, 0.25) is 5.90 Å². The molecule has 1 saturated heterocycles. The first-order valence-electron chi connectivity index (χ1n) is 13.9. The number of carbonyl (C=O) groups excluding carboxylic acids is 2. The molecule has 222 valence electrons. The van der Waals surface area contributed by atoms with Gasteiger partial charge in [-0.25, -0.2) is 13.9 Å². The first-order valence-corrected chi connectivity index (χ1v) is 13.9. The Hall–Kier alpha value is -4.87. The summed E-state index contributed by atoms with van der Waals surface area (Å²) in [7, 11) is 1.58. The molecular weight excluding hydrogens is 541 g/mol. The topological polar surface area (TPSA) is 133 Å². The first-order chi connectivity index (χ1) is 20.2. The molecule has 0 aliphatic carbocycles. The van der Waals surface area contributed by atoms with E-state index in [0.29, 0.717) is 31.0 Å². The van der Waals surface area contributed by atoms with Crippen LogP contribution in [0.3, 0.4) is 0 Å². The van der Waals surface area contributed by atoms with E-state index in [9.17, 15) is 18.8 Å². The van der Waals surface area contributed by atoms with Gasteiger partial charge in [-0.05, 0) is 56.9 Å². The Bertz CT molecular complexity index is 1540. The Morgan fingerprint density at radius 2 is 1.81 bits per heavy atom. The minimum atomic E-state index is -0.823. The Labute approximate surface area is 243 Å². The third-order valence-electron chi connectivity index (χ3n) is 6.90. The monoisotopic (exact) mass is 577 g/mol. The predicted octanol–water partition coefficient (Wildman–Crippen LogP) is 4.36. The maximum atomic E-state index is 14.9. The second-order valence-corrected chi connectivity index (χ2v) is 9.89. The fourth-order valence-electron chi connectivity index (χ4n) is 4.81. The number of urea groups is 1. The summed E-state index contributed by atoms with van der Waals surface area (Å²) >= 11 is 0. The van der Waals surface area contributed by atoms with E-state index in [-0.39, 0.29) is 28.9 Å². The van der Waals surface area contributed by atoms with E-state index in [2.05, 4.69) is 16.0 Å². The van der Waals surface area contributed by atoms with Crippen molar-refractivity contribution in [2.45, 2.75) is 46.1 Å². The highest BCUT2D eigenvalue weighted by atomic mass is 19.1. The van der Waals surface area contributed by atoms with Crippen LogP contribution < -0.4 is 26.2 Å². The van der Waals surface area contributed by atoms with Gasteiger partial charge in [0.15, 0.2) is 11.6 Å². The summed E-state index contributed by atoms with van der Waals surface area (Å²) in [6.45, 7) is 5.54. The van der Waals surface area contributed by atoms with Crippen LogP contribution in [0.4, 0.5) is 14.9 Å². The molecule has 3 amide bonds. The number of benzene rings is 2.